The molecule has 0 saturated carbocycles. The van der Waals surface area contributed by atoms with Crippen molar-refractivity contribution in [2.45, 2.75) is 19.8 Å². The smallest absolute Gasteiger partial charge is 0.264 e. The number of aromatic nitrogens is 3. The van der Waals surface area contributed by atoms with Crippen LogP contribution in [0.3, 0.4) is 0 Å². The van der Waals surface area contributed by atoms with Gasteiger partial charge in [-0.2, -0.15) is 0 Å². The zero-order valence-corrected chi connectivity index (χ0v) is 11.9. The number of nitrogens with zero attached hydrogens (tertiary/aromatic N) is 2. The minimum atomic E-state index is -0.416. The van der Waals surface area contributed by atoms with E-state index in [9.17, 15) is 9.18 Å². The lowest BCUT2D eigenvalue weighted by atomic mass is 10.2. The van der Waals surface area contributed by atoms with Crippen LogP contribution in [0.5, 0.6) is 0 Å². The van der Waals surface area contributed by atoms with Crippen LogP contribution in [-0.2, 0) is 6.42 Å². The van der Waals surface area contributed by atoms with E-state index in [-0.39, 0.29) is 5.56 Å². The summed E-state index contributed by atoms with van der Waals surface area (Å²) in [6.45, 7) is 2.02. The molecule has 0 aliphatic rings. The quantitative estimate of drug-likeness (QED) is 0.857. The first-order chi connectivity index (χ1) is 8.61. The van der Waals surface area contributed by atoms with Crippen LogP contribution >= 0.6 is 22.6 Å². The van der Waals surface area contributed by atoms with E-state index in [0.717, 1.165) is 24.7 Å². The largest absolute Gasteiger partial charge is 0.304 e. The highest BCUT2D eigenvalue weighted by Crippen LogP contribution is 2.14. The Morgan fingerprint density at radius 2 is 2.22 bits per heavy atom. The van der Waals surface area contributed by atoms with Crippen LogP contribution in [0, 0.1) is 9.39 Å². The molecule has 0 unspecified atom stereocenters. The predicted molar refractivity (Wildman–Crippen MR) is 74.8 cm³/mol. The Labute approximate surface area is 117 Å². The number of pyridine rings is 1. The summed E-state index contributed by atoms with van der Waals surface area (Å²) in [5.74, 6) is -0.0377. The van der Waals surface area contributed by atoms with Crippen molar-refractivity contribution in [2.75, 3.05) is 0 Å². The van der Waals surface area contributed by atoms with E-state index in [1.807, 2.05) is 29.5 Å². The molecule has 2 aromatic rings. The van der Waals surface area contributed by atoms with Gasteiger partial charge in [-0.05, 0) is 41.1 Å². The van der Waals surface area contributed by atoms with Gasteiger partial charge in [0.2, 0.25) is 0 Å². The van der Waals surface area contributed by atoms with Gasteiger partial charge in [0.15, 0.2) is 5.82 Å². The van der Waals surface area contributed by atoms with E-state index in [2.05, 4.69) is 15.0 Å². The molecule has 0 aliphatic heterocycles. The average molecular weight is 359 g/mol. The number of hydrogen-bond acceptors (Lipinski definition) is 3. The molecule has 1 N–H and O–H groups in total. The standard InChI is InChI=1S/C12H11FIN3O/c1-2-3-8-10(14)12(18)17-11(16-8)9-5-4-7(13)6-15-9/h4-6H,2-3H2,1H3,(H,16,17,18). The molecule has 6 heteroatoms. The molecule has 0 atom stereocenters. The van der Waals surface area contributed by atoms with Crippen molar-refractivity contribution in [2.24, 2.45) is 0 Å². The Morgan fingerprint density at radius 3 is 2.83 bits per heavy atom. The lowest BCUT2D eigenvalue weighted by Crippen LogP contribution is -2.16. The molecule has 0 aliphatic carbocycles. The highest BCUT2D eigenvalue weighted by Gasteiger charge is 2.10. The molecule has 0 fully saturated rings. The lowest BCUT2D eigenvalue weighted by Gasteiger charge is -2.05. The van der Waals surface area contributed by atoms with Crippen molar-refractivity contribution in [1.82, 2.24) is 15.0 Å². The van der Waals surface area contributed by atoms with E-state index < -0.39 is 5.82 Å². The van der Waals surface area contributed by atoms with Crippen LogP contribution in [0.2, 0.25) is 0 Å². The van der Waals surface area contributed by atoms with E-state index >= 15 is 0 Å². The maximum absolute atomic E-state index is 12.8. The van der Waals surface area contributed by atoms with Crippen LogP contribution < -0.4 is 5.56 Å². The maximum Gasteiger partial charge on any atom is 0.264 e. The highest BCUT2D eigenvalue weighted by molar-refractivity contribution is 14.1. The van der Waals surface area contributed by atoms with Crippen molar-refractivity contribution in [3.05, 3.63) is 43.8 Å². The molecule has 2 heterocycles. The van der Waals surface area contributed by atoms with Gasteiger partial charge in [0.05, 0.1) is 15.5 Å². The monoisotopic (exact) mass is 359 g/mol. The Kier molecular flexibility index (Phi) is 4.05. The van der Waals surface area contributed by atoms with Gasteiger partial charge in [0.25, 0.3) is 5.56 Å². The number of aromatic amines is 1. The van der Waals surface area contributed by atoms with Gasteiger partial charge in [-0.1, -0.05) is 13.3 Å². The fourth-order valence-electron chi connectivity index (χ4n) is 1.55. The second-order valence-corrected chi connectivity index (χ2v) is 4.87. The number of rotatable bonds is 3. The van der Waals surface area contributed by atoms with E-state index in [4.69, 9.17) is 0 Å². The predicted octanol–water partition coefficient (Wildman–Crippen LogP) is 2.53. The molecule has 0 radical (unpaired) electrons. The third-order valence-corrected chi connectivity index (χ3v) is 3.50. The topological polar surface area (TPSA) is 58.6 Å². The third kappa shape index (κ3) is 2.74. The first-order valence-corrected chi connectivity index (χ1v) is 6.60. The molecule has 4 nitrogen and oxygen atoms in total. The van der Waals surface area contributed by atoms with Gasteiger partial charge in [-0.25, -0.2) is 14.4 Å². The Hall–Kier alpha value is -1.31. The zero-order chi connectivity index (χ0) is 13.1. The van der Waals surface area contributed by atoms with E-state index in [1.54, 1.807) is 0 Å². The first kappa shape index (κ1) is 13.1. The number of nitrogens with one attached hydrogen (secondary N) is 1. The number of hydrogen-bond donors (Lipinski definition) is 1. The summed E-state index contributed by atoms with van der Waals surface area (Å²) in [6, 6.07) is 2.79. The van der Waals surface area contributed by atoms with Crippen LogP contribution in [0.1, 0.15) is 19.0 Å². The summed E-state index contributed by atoms with van der Waals surface area (Å²) in [6.07, 6.45) is 2.74. The maximum atomic E-state index is 12.8. The van der Waals surface area contributed by atoms with Gasteiger partial charge >= 0.3 is 0 Å². The van der Waals surface area contributed by atoms with Gasteiger partial charge in [0.1, 0.15) is 11.5 Å². The first-order valence-electron chi connectivity index (χ1n) is 5.52. The molecular formula is C12H11FIN3O. The molecule has 2 aromatic heterocycles. The van der Waals surface area contributed by atoms with Crippen molar-refractivity contribution in [1.29, 1.82) is 0 Å². The molecule has 0 saturated heterocycles. The molecule has 0 spiro atoms. The molecule has 2 rings (SSSR count). The van der Waals surface area contributed by atoms with Crippen LogP contribution in [0.25, 0.3) is 11.5 Å². The van der Waals surface area contributed by atoms with Gasteiger partial charge in [0, 0.05) is 0 Å². The fraction of sp³-hybridized carbons (Fsp3) is 0.250. The van der Waals surface area contributed by atoms with Crippen LogP contribution in [-0.4, -0.2) is 15.0 Å². The van der Waals surface area contributed by atoms with Crippen LogP contribution in [0.4, 0.5) is 4.39 Å². The molecule has 0 aromatic carbocycles. The second kappa shape index (κ2) is 5.55. The summed E-state index contributed by atoms with van der Waals surface area (Å²) in [5.41, 5.74) is 1.03. The zero-order valence-electron chi connectivity index (χ0n) is 9.70. The summed E-state index contributed by atoms with van der Waals surface area (Å²) in [4.78, 5) is 22.7. The minimum Gasteiger partial charge on any atom is -0.304 e. The minimum absolute atomic E-state index is 0.185. The normalized spacial score (nSPS) is 10.6. The Morgan fingerprint density at radius 1 is 1.44 bits per heavy atom. The Bertz CT molecular complexity index is 610. The van der Waals surface area contributed by atoms with Crippen molar-refractivity contribution >= 4 is 22.6 Å². The molecule has 94 valence electrons. The van der Waals surface area contributed by atoms with Gasteiger partial charge in [-0.3, -0.25) is 4.79 Å². The SMILES string of the molecule is CCCc1nc(-c2ccc(F)cn2)[nH]c(=O)c1I. The van der Waals surface area contributed by atoms with E-state index in [1.165, 1.54) is 12.1 Å². The summed E-state index contributed by atoms with van der Waals surface area (Å²) < 4.78 is 13.4. The molecular weight excluding hydrogens is 348 g/mol. The number of H-pyrrole nitrogens is 1. The van der Waals surface area contributed by atoms with Crippen molar-refractivity contribution in [3.63, 3.8) is 0 Å². The highest BCUT2D eigenvalue weighted by atomic mass is 127. The summed E-state index contributed by atoms with van der Waals surface area (Å²) in [7, 11) is 0. The summed E-state index contributed by atoms with van der Waals surface area (Å²) in [5, 5.41) is 0. The molecule has 0 amide bonds. The molecule has 18 heavy (non-hydrogen) atoms. The van der Waals surface area contributed by atoms with Gasteiger partial charge in [-0.15, -0.1) is 0 Å². The third-order valence-electron chi connectivity index (χ3n) is 2.39. The van der Waals surface area contributed by atoms with Crippen molar-refractivity contribution < 1.29 is 4.39 Å². The van der Waals surface area contributed by atoms with Crippen LogP contribution in [0.15, 0.2) is 23.1 Å². The summed E-state index contributed by atoms with van der Waals surface area (Å²) >= 11 is 1.98. The van der Waals surface area contributed by atoms with Crippen molar-refractivity contribution in [3.8, 4) is 11.5 Å². The second-order valence-electron chi connectivity index (χ2n) is 3.79. The average Bonchev–Trinajstić information content (AvgIpc) is 2.36. The lowest BCUT2D eigenvalue weighted by molar-refractivity contribution is 0.621. The van der Waals surface area contributed by atoms with E-state index in [0.29, 0.717) is 15.1 Å². The number of aryl methyl sites for hydroxylation is 1. The Balaban J connectivity index is 2.51. The van der Waals surface area contributed by atoms with Gasteiger partial charge < -0.3 is 4.98 Å². The fourth-order valence-corrected chi connectivity index (χ4v) is 2.07. The number of halogens is 2. The molecule has 0 bridgehead atoms.